The van der Waals surface area contributed by atoms with Gasteiger partial charge in [-0.25, -0.2) is 0 Å². The quantitative estimate of drug-likeness (QED) is 0.851. The molecule has 2 nitrogen and oxygen atoms in total. The van der Waals surface area contributed by atoms with Crippen molar-refractivity contribution in [2.45, 2.75) is 18.4 Å². The van der Waals surface area contributed by atoms with Gasteiger partial charge in [0.25, 0.3) is 0 Å². The van der Waals surface area contributed by atoms with Gasteiger partial charge in [0, 0.05) is 23.5 Å². The van der Waals surface area contributed by atoms with E-state index in [-0.39, 0.29) is 0 Å². The molecule has 1 aromatic rings. The van der Waals surface area contributed by atoms with Crippen LogP contribution in [0.1, 0.15) is 17.9 Å². The molecule has 0 spiro atoms. The summed E-state index contributed by atoms with van der Waals surface area (Å²) >= 11 is 6.28. The molecule has 16 heavy (non-hydrogen) atoms. The first-order chi connectivity index (χ1) is 7.70. The zero-order valence-corrected chi connectivity index (χ0v) is 10.7. The number of hydrogen-bond acceptors (Lipinski definition) is 2. The zero-order valence-electron chi connectivity index (χ0n) is 9.91. The van der Waals surface area contributed by atoms with Crippen LogP contribution in [0.15, 0.2) is 24.3 Å². The lowest BCUT2D eigenvalue weighted by atomic mass is 9.86. The van der Waals surface area contributed by atoms with Crippen LogP contribution in [-0.4, -0.2) is 38.1 Å². The Bertz CT molecular complexity index is 352. The van der Waals surface area contributed by atoms with Crippen LogP contribution in [-0.2, 0) is 0 Å². The molecular formula is C13H19ClN2. The molecule has 1 aromatic carbocycles. The Morgan fingerprint density at radius 3 is 2.75 bits per heavy atom. The fraction of sp³-hybridized carbons (Fsp3) is 0.538. The van der Waals surface area contributed by atoms with Crippen molar-refractivity contribution in [3.05, 3.63) is 34.9 Å². The van der Waals surface area contributed by atoms with E-state index in [4.69, 9.17) is 11.6 Å². The highest BCUT2D eigenvalue weighted by Crippen LogP contribution is 2.31. The summed E-state index contributed by atoms with van der Waals surface area (Å²) in [5.74, 6) is 0.498. The Labute approximate surface area is 103 Å². The van der Waals surface area contributed by atoms with Gasteiger partial charge < -0.3 is 10.2 Å². The Kier molecular flexibility index (Phi) is 3.85. The van der Waals surface area contributed by atoms with Crippen molar-refractivity contribution < 1.29 is 0 Å². The Morgan fingerprint density at radius 1 is 1.31 bits per heavy atom. The first-order valence-electron chi connectivity index (χ1n) is 5.81. The van der Waals surface area contributed by atoms with Gasteiger partial charge in [-0.15, -0.1) is 0 Å². The van der Waals surface area contributed by atoms with Gasteiger partial charge in [0.1, 0.15) is 0 Å². The largest absolute Gasteiger partial charge is 0.316 e. The molecule has 0 saturated carbocycles. The third-order valence-electron chi connectivity index (χ3n) is 3.41. The first-order valence-corrected chi connectivity index (χ1v) is 6.19. The second-order valence-corrected chi connectivity index (χ2v) is 5.06. The van der Waals surface area contributed by atoms with E-state index in [1.54, 1.807) is 0 Å². The maximum Gasteiger partial charge on any atom is 0.0441 e. The maximum atomic E-state index is 6.28. The lowest BCUT2D eigenvalue weighted by Gasteiger charge is -2.37. The number of nitrogens with zero attached hydrogens (tertiary/aromatic N) is 1. The fourth-order valence-electron chi connectivity index (χ4n) is 2.56. The topological polar surface area (TPSA) is 15.3 Å². The number of hydrogen-bond donors (Lipinski definition) is 1. The monoisotopic (exact) mass is 238 g/mol. The van der Waals surface area contributed by atoms with E-state index in [9.17, 15) is 0 Å². The average molecular weight is 239 g/mol. The van der Waals surface area contributed by atoms with Gasteiger partial charge in [0.15, 0.2) is 0 Å². The summed E-state index contributed by atoms with van der Waals surface area (Å²) < 4.78 is 0. The average Bonchev–Trinajstić information content (AvgIpc) is 2.29. The summed E-state index contributed by atoms with van der Waals surface area (Å²) in [4.78, 5) is 2.31. The van der Waals surface area contributed by atoms with Gasteiger partial charge in [0.2, 0.25) is 0 Å². The van der Waals surface area contributed by atoms with E-state index in [1.807, 2.05) is 12.1 Å². The van der Waals surface area contributed by atoms with Crippen molar-refractivity contribution in [1.82, 2.24) is 10.2 Å². The van der Waals surface area contributed by atoms with Crippen molar-refractivity contribution in [2.24, 2.45) is 0 Å². The van der Waals surface area contributed by atoms with Crippen LogP contribution in [0.4, 0.5) is 0 Å². The highest BCUT2D eigenvalue weighted by molar-refractivity contribution is 6.31. The molecule has 3 heteroatoms. The van der Waals surface area contributed by atoms with Crippen LogP contribution in [0.25, 0.3) is 0 Å². The van der Waals surface area contributed by atoms with E-state index in [1.165, 1.54) is 12.0 Å². The van der Waals surface area contributed by atoms with Gasteiger partial charge in [-0.05, 0) is 38.7 Å². The van der Waals surface area contributed by atoms with Crippen molar-refractivity contribution in [2.75, 3.05) is 27.2 Å². The zero-order chi connectivity index (χ0) is 11.5. The summed E-state index contributed by atoms with van der Waals surface area (Å²) in [5, 5.41) is 4.35. The van der Waals surface area contributed by atoms with E-state index in [2.05, 4.69) is 36.4 Å². The SMILES string of the molecule is CN(C)C1CCNCC1c1ccccc1Cl. The van der Waals surface area contributed by atoms with E-state index < -0.39 is 0 Å². The minimum Gasteiger partial charge on any atom is -0.316 e. The van der Waals surface area contributed by atoms with Crippen LogP contribution < -0.4 is 5.32 Å². The number of likely N-dealkylation sites (N-methyl/N-ethyl adjacent to an activating group) is 1. The fourth-order valence-corrected chi connectivity index (χ4v) is 2.83. The smallest absolute Gasteiger partial charge is 0.0441 e. The first kappa shape index (κ1) is 11.9. The minimum absolute atomic E-state index is 0.498. The standard InChI is InChI=1S/C13H19ClN2/c1-16(2)13-7-8-15-9-11(13)10-5-3-4-6-12(10)14/h3-6,11,13,15H,7-9H2,1-2H3. The number of piperidine rings is 1. The number of halogens is 1. The highest BCUT2D eigenvalue weighted by atomic mass is 35.5. The predicted octanol–water partition coefficient (Wildman–Crippen LogP) is 2.35. The molecule has 1 aliphatic rings. The van der Waals surface area contributed by atoms with Crippen molar-refractivity contribution in [3.63, 3.8) is 0 Å². The Hall–Kier alpha value is -0.570. The van der Waals surface area contributed by atoms with Crippen molar-refractivity contribution >= 4 is 11.6 Å². The minimum atomic E-state index is 0.498. The molecule has 0 aliphatic carbocycles. The molecule has 0 radical (unpaired) electrons. The molecule has 2 atom stereocenters. The van der Waals surface area contributed by atoms with Crippen molar-refractivity contribution in [1.29, 1.82) is 0 Å². The molecular weight excluding hydrogens is 220 g/mol. The van der Waals surface area contributed by atoms with Gasteiger partial charge in [-0.3, -0.25) is 0 Å². The third-order valence-corrected chi connectivity index (χ3v) is 3.76. The summed E-state index contributed by atoms with van der Waals surface area (Å²) in [6.07, 6.45) is 1.18. The summed E-state index contributed by atoms with van der Waals surface area (Å²) in [7, 11) is 4.31. The van der Waals surface area contributed by atoms with E-state index in [0.717, 1.165) is 18.1 Å². The molecule has 2 rings (SSSR count). The second kappa shape index (κ2) is 5.17. The normalized spacial score (nSPS) is 26.0. The Morgan fingerprint density at radius 2 is 2.06 bits per heavy atom. The molecule has 1 saturated heterocycles. The van der Waals surface area contributed by atoms with Crippen LogP contribution >= 0.6 is 11.6 Å². The van der Waals surface area contributed by atoms with Gasteiger partial charge >= 0.3 is 0 Å². The van der Waals surface area contributed by atoms with Gasteiger partial charge in [0.05, 0.1) is 0 Å². The molecule has 1 N–H and O–H groups in total. The molecule has 0 bridgehead atoms. The van der Waals surface area contributed by atoms with Crippen molar-refractivity contribution in [3.8, 4) is 0 Å². The van der Waals surface area contributed by atoms with E-state index >= 15 is 0 Å². The second-order valence-electron chi connectivity index (χ2n) is 4.65. The molecule has 0 amide bonds. The van der Waals surface area contributed by atoms with Crippen LogP contribution in [0.3, 0.4) is 0 Å². The van der Waals surface area contributed by atoms with Crippen LogP contribution in [0, 0.1) is 0 Å². The molecule has 1 aliphatic heterocycles. The van der Waals surface area contributed by atoms with Crippen LogP contribution in [0.2, 0.25) is 5.02 Å². The number of benzene rings is 1. The molecule has 2 unspecified atom stereocenters. The van der Waals surface area contributed by atoms with Gasteiger partial charge in [-0.2, -0.15) is 0 Å². The maximum absolute atomic E-state index is 6.28. The number of nitrogens with one attached hydrogen (secondary N) is 1. The lowest BCUT2D eigenvalue weighted by Crippen LogP contribution is -2.45. The number of rotatable bonds is 2. The predicted molar refractivity (Wildman–Crippen MR) is 69.2 cm³/mol. The molecule has 0 aromatic heterocycles. The van der Waals surface area contributed by atoms with Gasteiger partial charge in [-0.1, -0.05) is 29.8 Å². The van der Waals surface area contributed by atoms with Crippen LogP contribution in [0.5, 0.6) is 0 Å². The highest BCUT2D eigenvalue weighted by Gasteiger charge is 2.28. The molecule has 88 valence electrons. The third kappa shape index (κ3) is 2.40. The summed E-state index contributed by atoms with van der Waals surface area (Å²) in [6, 6.07) is 8.78. The van der Waals surface area contributed by atoms with E-state index in [0.29, 0.717) is 12.0 Å². The summed E-state index contributed by atoms with van der Waals surface area (Å²) in [6.45, 7) is 2.12. The summed E-state index contributed by atoms with van der Waals surface area (Å²) in [5.41, 5.74) is 1.27. The Balaban J connectivity index is 2.27. The molecule has 1 fully saturated rings. The lowest BCUT2D eigenvalue weighted by molar-refractivity contribution is 0.209. The molecule has 1 heterocycles.